The zero-order valence-corrected chi connectivity index (χ0v) is 27.8. The van der Waals surface area contributed by atoms with E-state index in [1.54, 1.807) is 18.2 Å². The fourth-order valence-corrected chi connectivity index (χ4v) is 5.63. The van der Waals surface area contributed by atoms with Crippen LogP contribution in [0.1, 0.15) is 30.5 Å². The third kappa shape index (κ3) is 7.83. The number of carboxylic acid groups (broad SMARTS) is 1. The van der Waals surface area contributed by atoms with Gasteiger partial charge in [-0.25, -0.2) is 4.79 Å². The molecule has 0 unspecified atom stereocenters. The summed E-state index contributed by atoms with van der Waals surface area (Å²) in [5.41, 5.74) is 10.6. The first-order valence-corrected chi connectivity index (χ1v) is 16.1. The summed E-state index contributed by atoms with van der Waals surface area (Å²) in [7, 11) is 0. The molecule has 0 radical (unpaired) electrons. The van der Waals surface area contributed by atoms with Crippen molar-refractivity contribution in [3.05, 3.63) is 156 Å². The molecule has 0 saturated carbocycles. The van der Waals surface area contributed by atoms with Crippen molar-refractivity contribution < 1.29 is 9.90 Å². The molecule has 0 fully saturated rings. The Morgan fingerprint density at radius 1 is 0.604 bits per heavy atom. The number of carboxylic acids is 1. The summed E-state index contributed by atoms with van der Waals surface area (Å²) >= 11 is 0. The molecule has 0 aliphatic carbocycles. The van der Waals surface area contributed by atoms with E-state index in [0.717, 1.165) is 58.5 Å². The maximum Gasteiger partial charge on any atom is 0.346 e. The fraction of sp³-hybridized carbons (Fsp3) is 0.143. The number of aryl methyl sites for hydroxylation is 2. The molecular weight excluding hydrogens is 592 g/mol. The average Bonchev–Trinajstić information content (AvgIpc) is 3.11. The Bertz CT molecular complexity index is 1820. The lowest BCUT2D eigenvalue weighted by molar-refractivity contribution is -0.132. The molecule has 5 aromatic carbocycles. The number of hydrogen-bond acceptors (Lipinski definition) is 5. The minimum Gasteiger partial charge on any atom is -0.477 e. The molecule has 6 heteroatoms. The summed E-state index contributed by atoms with van der Waals surface area (Å²) < 4.78 is 0. The highest BCUT2D eigenvalue weighted by Crippen LogP contribution is 2.38. The summed E-state index contributed by atoms with van der Waals surface area (Å²) in [6, 6.07) is 44.2. The highest BCUT2D eigenvalue weighted by atomic mass is 16.4. The summed E-state index contributed by atoms with van der Waals surface area (Å²) in [6.07, 6.45) is 4.67. The standard InChI is InChI=1S/C42H40N4O2/c1-5-44(35-16-10-31(3)11-17-35)37-22-26-40(27-23-37)46(39-20-14-33(15-21-39)8-7-9-34(30-43)42(47)48)41-28-24-38(25-29-41)45(6-2)36-18-12-32(4)13-19-36/h7-29H,5-6H2,1-4H3,(H,47,48)/b8-7+,34-9+. The topological polar surface area (TPSA) is 70.8 Å². The molecule has 0 heterocycles. The Balaban J connectivity index is 1.49. The molecule has 5 rings (SSSR count). The molecule has 240 valence electrons. The molecule has 0 amide bonds. The van der Waals surface area contributed by atoms with Gasteiger partial charge in [-0.15, -0.1) is 0 Å². The molecule has 6 nitrogen and oxygen atoms in total. The maximum atomic E-state index is 11.1. The van der Waals surface area contributed by atoms with E-state index >= 15 is 0 Å². The van der Waals surface area contributed by atoms with E-state index in [1.165, 1.54) is 17.2 Å². The van der Waals surface area contributed by atoms with Gasteiger partial charge in [0, 0.05) is 52.9 Å². The average molecular weight is 633 g/mol. The van der Waals surface area contributed by atoms with Gasteiger partial charge in [-0.05, 0) is 124 Å². The zero-order chi connectivity index (χ0) is 34.0. The first-order valence-electron chi connectivity index (χ1n) is 16.1. The Kier molecular flexibility index (Phi) is 10.7. The van der Waals surface area contributed by atoms with Crippen LogP contribution >= 0.6 is 0 Å². The quantitative estimate of drug-likeness (QED) is 0.0838. The SMILES string of the molecule is CCN(c1ccc(C)cc1)c1ccc(N(c2ccc(/C=C/C=C(\C#N)C(=O)O)cc2)c2ccc(N(CC)c3ccc(C)cc3)cc2)cc1. The number of nitrogens with zero attached hydrogens (tertiary/aromatic N) is 4. The van der Waals surface area contributed by atoms with Gasteiger partial charge in [0.05, 0.1) is 0 Å². The van der Waals surface area contributed by atoms with Gasteiger partial charge in [0.1, 0.15) is 11.6 Å². The van der Waals surface area contributed by atoms with Crippen molar-refractivity contribution in [2.75, 3.05) is 27.8 Å². The van der Waals surface area contributed by atoms with Crippen molar-refractivity contribution in [2.24, 2.45) is 0 Å². The van der Waals surface area contributed by atoms with Crippen LogP contribution in [0.15, 0.2) is 139 Å². The number of hydrogen-bond donors (Lipinski definition) is 1. The highest BCUT2D eigenvalue weighted by molar-refractivity contribution is 5.91. The van der Waals surface area contributed by atoms with Gasteiger partial charge < -0.3 is 19.8 Å². The van der Waals surface area contributed by atoms with Crippen LogP contribution in [0.5, 0.6) is 0 Å². The van der Waals surface area contributed by atoms with E-state index in [1.807, 2.05) is 24.3 Å². The van der Waals surface area contributed by atoms with E-state index in [9.17, 15) is 4.79 Å². The molecule has 0 saturated heterocycles. The molecule has 0 atom stereocenters. The molecule has 1 N–H and O–H groups in total. The van der Waals surface area contributed by atoms with Gasteiger partial charge in [0.15, 0.2) is 0 Å². The second kappa shape index (κ2) is 15.5. The zero-order valence-electron chi connectivity index (χ0n) is 27.8. The third-order valence-electron chi connectivity index (χ3n) is 8.22. The monoisotopic (exact) mass is 632 g/mol. The van der Waals surface area contributed by atoms with Crippen molar-refractivity contribution >= 4 is 51.9 Å². The smallest absolute Gasteiger partial charge is 0.346 e. The second-order valence-electron chi connectivity index (χ2n) is 11.5. The van der Waals surface area contributed by atoms with Crippen molar-refractivity contribution in [1.29, 1.82) is 5.26 Å². The van der Waals surface area contributed by atoms with Gasteiger partial charge in [0.25, 0.3) is 0 Å². The van der Waals surface area contributed by atoms with E-state index in [0.29, 0.717) is 0 Å². The lowest BCUT2D eigenvalue weighted by Gasteiger charge is -2.29. The van der Waals surface area contributed by atoms with Crippen LogP contribution in [0.25, 0.3) is 6.08 Å². The second-order valence-corrected chi connectivity index (χ2v) is 11.5. The van der Waals surface area contributed by atoms with E-state index in [4.69, 9.17) is 10.4 Å². The highest BCUT2D eigenvalue weighted by Gasteiger charge is 2.16. The van der Waals surface area contributed by atoms with E-state index < -0.39 is 5.97 Å². The summed E-state index contributed by atoms with van der Waals surface area (Å²) in [4.78, 5) is 18.0. The van der Waals surface area contributed by atoms with Gasteiger partial charge in [-0.3, -0.25) is 0 Å². The van der Waals surface area contributed by atoms with E-state index in [2.05, 4.69) is 139 Å². The third-order valence-corrected chi connectivity index (χ3v) is 8.22. The van der Waals surface area contributed by atoms with Crippen molar-refractivity contribution in [2.45, 2.75) is 27.7 Å². The number of aliphatic carboxylic acids is 1. The van der Waals surface area contributed by atoms with Gasteiger partial charge in [-0.2, -0.15) is 5.26 Å². The van der Waals surface area contributed by atoms with Crippen LogP contribution in [0.2, 0.25) is 0 Å². The van der Waals surface area contributed by atoms with Crippen LogP contribution in [0.4, 0.5) is 39.8 Å². The van der Waals surface area contributed by atoms with Crippen LogP contribution in [0.3, 0.4) is 0 Å². The van der Waals surface area contributed by atoms with Crippen LogP contribution < -0.4 is 14.7 Å². The van der Waals surface area contributed by atoms with Crippen molar-refractivity contribution in [1.82, 2.24) is 0 Å². The van der Waals surface area contributed by atoms with Crippen molar-refractivity contribution in [3.63, 3.8) is 0 Å². The van der Waals surface area contributed by atoms with Crippen LogP contribution in [-0.2, 0) is 4.79 Å². The first kappa shape index (κ1) is 33.3. The lowest BCUT2D eigenvalue weighted by Crippen LogP contribution is -2.17. The van der Waals surface area contributed by atoms with Gasteiger partial charge in [-0.1, -0.05) is 59.7 Å². The van der Waals surface area contributed by atoms with Crippen LogP contribution in [0, 0.1) is 25.2 Å². The molecule has 0 aliphatic rings. The Morgan fingerprint density at radius 3 is 1.27 bits per heavy atom. The molecular formula is C42H40N4O2. The maximum absolute atomic E-state index is 11.1. The van der Waals surface area contributed by atoms with Crippen LogP contribution in [-0.4, -0.2) is 24.2 Å². The minimum absolute atomic E-state index is 0.311. The minimum atomic E-state index is -1.24. The molecule has 0 bridgehead atoms. The number of carbonyl (C=O) groups is 1. The predicted molar refractivity (Wildman–Crippen MR) is 199 cm³/mol. The number of anilines is 7. The first-order chi connectivity index (χ1) is 23.3. The molecule has 0 aliphatic heterocycles. The molecule has 5 aromatic rings. The molecule has 0 spiro atoms. The van der Waals surface area contributed by atoms with E-state index in [-0.39, 0.29) is 5.57 Å². The van der Waals surface area contributed by atoms with Crippen molar-refractivity contribution in [3.8, 4) is 6.07 Å². The lowest BCUT2D eigenvalue weighted by atomic mass is 10.1. The Morgan fingerprint density at radius 2 is 0.938 bits per heavy atom. The predicted octanol–water partition coefficient (Wildman–Crippen LogP) is 10.6. The summed E-state index contributed by atoms with van der Waals surface area (Å²) in [5, 5.41) is 18.1. The Hall–Kier alpha value is -6.06. The molecule has 48 heavy (non-hydrogen) atoms. The molecule has 0 aromatic heterocycles. The number of benzene rings is 5. The summed E-state index contributed by atoms with van der Waals surface area (Å²) in [5.74, 6) is -1.24. The fourth-order valence-electron chi connectivity index (χ4n) is 5.63. The normalized spacial score (nSPS) is 11.3. The van der Waals surface area contributed by atoms with Gasteiger partial charge >= 0.3 is 5.97 Å². The Labute approximate surface area is 283 Å². The van der Waals surface area contributed by atoms with Gasteiger partial charge in [0.2, 0.25) is 0 Å². The number of nitriles is 1. The number of allylic oxidation sites excluding steroid dienone is 2. The summed E-state index contributed by atoms with van der Waals surface area (Å²) in [6.45, 7) is 10.2. The largest absolute Gasteiger partial charge is 0.477 e. The number of rotatable bonds is 12.